The maximum absolute atomic E-state index is 4.40. The van der Waals surface area contributed by atoms with Crippen molar-refractivity contribution in [3.63, 3.8) is 0 Å². The lowest BCUT2D eigenvalue weighted by Gasteiger charge is -2.41. The van der Waals surface area contributed by atoms with Gasteiger partial charge in [0.1, 0.15) is 5.52 Å². The summed E-state index contributed by atoms with van der Waals surface area (Å²) in [4.78, 5) is 4.40. The van der Waals surface area contributed by atoms with Gasteiger partial charge in [-0.1, -0.05) is 13.3 Å². The van der Waals surface area contributed by atoms with E-state index in [0.29, 0.717) is 5.41 Å². The van der Waals surface area contributed by atoms with Crippen molar-refractivity contribution in [3.8, 4) is 0 Å². The van der Waals surface area contributed by atoms with E-state index in [2.05, 4.69) is 22.3 Å². The molecule has 90 valence electrons. The van der Waals surface area contributed by atoms with Gasteiger partial charge in [0.25, 0.3) is 0 Å². The zero-order valence-electron chi connectivity index (χ0n) is 10.2. The van der Waals surface area contributed by atoms with Gasteiger partial charge >= 0.3 is 0 Å². The summed E-state index contributed by atoms with van der Waals surface area (Å²) in [5, 5.41) is 7.71. The van der Waals surface area contributed by atoms with Crippen molar-refractivity contribution < 1.29 is 0 Å². The van der Waals surface area contributed by atoms with Gasteiger partial charge in [-0.2, -0.15) is 5.10 Å². The molecule has 0 spiro atoms. The topological polar surface area (TPSA) is 42.2 Å². The Morgan fingerprint density at radius 1 is 1.41 bits per heavy atom. The van der Waals surface area contributed by atoms with Crippen molar-refractivity contribution in [2.45, 2.75) is 32.6 Å². The standard InChI is InChI=1S/C13H18N4/c1-2-13(5-3-6-13)10-15-12-11-4-7-16-17(11)9-8-14-12/h4,7-9H,2-3,5-6,10H2,1H3,(H,14,15). The summed E-state index contributed by atoms with van der Waals surface area (Å²) >= 11 is 0. The van der Waals surface area contributed by atoms with E-state index in [1.807, 2.05) is 16.8 Å². The van der Waals surface area contributed by atoms with Gasteiger partial charge in [0, 0.05) is 18.9 Å². The van der Waals surface area contributed by atoms with Crippen LogP contribution in [0.5, 0.6) is 0 Å². The Morgan fingerprint density at radius 2 is 2.29 bits per heavy atom. The molecule has 0 aliphatic heterocycles. The highest BCUT2D eigenvalue weighted by Gasteiger charge is 2.34. The van der Waals surface area contributed by atoms with Gasteiger partial charge in [-0.05, 0) is 30.7 Å². The summed E-state index contributed by atoms with van der Waals surface area (Å²) in [6.07, 6.45) is 10.8. The Balaban J connectivity index is 1.78. The molecule has 4 heteroatoms. The third-order valence-electron chi connectivity index (χ3n) is 4.12. The molecule has 4 nitrogen and oxygen atoms in total. The molecule has 1 saturated carbocycles. The molecule has 0 atom stereocenters. The molecule has 17 heavy (non-hydrogen) atoms. The minimum atomic E-state index is 0.508. The van der Waals surface area contributed by atoms with Crippen LogP contribution in [-0.2, 0) is 0 Å². The first kappa shape index (κ1) is 10.6. The van der Waals surface area contributed by atoms with Crippen LogP contribution in [0.3, 0.4) is 0 Å². The second-order valence-electron chi connectivity index (χ2n) is 5.00. The van der Waals surface area contributed by atoms with Crippen LogP contribution in [0.1, 0.15) is 32.6 Å². The molecular formula is C13H18N4. The van der Waals surface area contributed by atoms with Gasteiger partial charge in [0.05, 0.1) is 6.20 Å². The van der Waals surface area contributed by atoms with Gasteiger partial charge < -0.3 is 5.32 Å². The van der Waals surface area contributed by atoms with Crippen molar-refractivity contribution in [2.75, 3.05) is 11.9 Å². The normalized spacial score (nSPS) is 17.9. The third-order valence-corrected chi connectivity index (χ3v) is 4.12. The second kappa shape index (κ2) is 4.02. The molecule has 0 amide bonds. The summed E-state index contributed by atoms with van der Waals surface area (Å²) in [5.74, 6) is 0.949. The van der Waals surface area contributed by atoms with Crippen LogP contribution in [0.25, 0.3) is 5.52 Å². The Morgan fingerprint density at radius 3 is 3.00 bits per heavy atom. The van der Waals surface area contributed by atoms with E-state index in [1.54, 1.807) is 12.4 Å². The van der Waals surface area contributed by atoms with Crippen LogP contribution < -0.4 is 5.32 Å². The molecule has 0 aromatic carbocycles. The van der Waals surface area contributed by atoms with Gasteiger partial charge in [0.15, 0.2) is 5.82 Å². The van der Waals surface area contributed by atoms with Crippen molar-refractivity contribution in [1.82, 2.24) is 14.6 Å². The predicted molar refractivity (Wildman–Crippen MR) is 68.1 cm³/mol. The lowest BCUT2D eigenvalue weighted by Crippen LogP contribution is -2.36. The van der Waals surface area contributed by atoms with Crippen LogP contribution in [0, 0.1) is 5.41 Å². The fraction of sp³-hybridized carbons (Fsp3) is 0.538. The van der Waals surface area contributed by atoms with Crippen molar-refractivity contribution in [2.24, 2.45) is 5.41 Å². The largest absolute Gasteiger partial charge is 0.368 e. The van der Waals surface area contributed by atoms with E-state index in [-0.39, 0.29) is 0 Å². The maximum atomic E-state index is 4.40. The van der Waals surface area contributed by atoms with Crippen LogP contribution in [-0.4, -0.2) is 21.1 Å². The first-order chi connectivity index (χ1) is 8.33. The Hall–Kier alpha value is -1.58. The van der Waals surface area contributed by atoms with Crippen LogP contribution >= 0.6 is 0 Å². The summed E-state index contributed by atoms with van der Waals surface area (Å²) < 4.78 is 1.86. The number of rotatable bonds is 4. The van der Waals surface area contributed by atoms with E-state index in [0.717, 1.165) is 17.9 Å². The lowest BCUT2D eigenvalue weighted by atomic mass is 9.67. The minimum absolute atomic E-state index is 0.508. The average Bonchev–Trinajstić information content (AvgIpc) is 2.77. The molecule has 0 unspecified atom stereocenters. The molecule has 2 aromatic heterocycles. The monoisotopic (exact) mass is 230 g/mol. The zero-order chi connectivity index (χ0) is 11.7. The van der Waals surface area contributed by atoms with Gasteiger partial charge in [-0.25, -0.2) is 9.50 Å². The van der Waals surface area contributed by atoms with Gasteiger partial charge in [-0.15, -0.1) is 0 Å². The molecule has 1 aliphatic carbocycles. The summed E-state index contributed by atoms with van der Waals surface area (Å²) in [5.41, 5.74) is 1.56. The van der Waals surface area contributed by atoms with E-state index >= 15 is 0 Å². The quantitative estimate of drug-likeness (QED) is 0.878. The van der Waals surface area contributed by atoms with Crippen molar-refractivity contribution in [1.29, 1.82) is 0 Å². The highest BCUT2D eigenvalue weighted by atomic mass is 15.2. The first-order valence-electron chi connectivity index (χ1n) is 6.35. The van der Waals surface area contributed by atoms with Crippen LogP contribution in [0.4, 0.5) is 5.82 Å². The molecule has 0 bridgehead atoms. The summed E-state index contributed by atoms with van der Waals surface area (Å²) in [6, 6.07) is 1.99. The number of hydrogen-bond acceptors (Lipinski definition) is 3. The number of nitrogens with one attached hydrogen (secondary N) is 1. The number of anilines is 1. The van der Waals surface area contributed by atoms with E-state index < -0.39 is 0 Å². The summed E-state index contributed by atoms with van der Waals surface area (Å²) in [7, 11) is 0. The molecule has 2 heterocycles. The fourth-order valence-corrected chi connectivity index (χ4v) is 2.60. The maximum Gasteiger partial charge on any atom is 0.152 e. The van der Waals surface area contributed by atoms with E-state index in [4.69, 9.17) is 0 Å². The SMILES string of the molecule is CCC1(CNc2nccn3nccc23)CCC1. The molecular weight excluding hydrogens is 212 g/mol. The molecule has 3 rings (SSSR count). The van der Waals surface area contributed by atoms with Crippen LogP contribution in [0.2, 0.25) is 0 Å². The smallest absolute Gasteiger partial charge is 0.152 e. The summed E-state index contributed by atoms with van der Waals surface area (Å²) in [6.45, 7) is 3.31. The van der Waals surface area contributed by atoms with E-state index in [1.165, 1.54) is 25.7 Å². The Kier molecular flexibility index (Phi) is 2.50. The molecule has 1 fully saturated rings. The molecule has 2 aromatic rings. The molecule has 1 N–H and O–H groups in total. The number of aromatic nitrogens is 3. The Labute approximate surface area is 101 Å². The fourth-order valence-electron chi connectivity index (χ4n) is 2.60. The van der Waals surface area contributed by atoms with Gasteiger partial charge in [0.2, 0.25) is 0 Å². The zero-order valence-corrected chi connectivity index (χ0v) is 10.2. The number of fused-ring (bicyclic) bond motifs is 1. The average molecular weight is 230 g/mol. The first-order valence-corrected chi connectivity index (χ1v) is 6.35. The van der Waals surface area contributed by atoms with Crippen molar-refractivity contribution in [3.05, 3.63) is 24.7 Å². The lowest BCUT2D eigenvalue weighted by molar-refractivity contribution is 0.145. The molecule has 0 radical (unpaired) electrons. The second-order valence-corrected chi connectivity index (χ2v) is 5.00. The molecule has 1 aliphatic rings. The number of nitrogens with zero attached hydrogens (tertiary/aromatic N) is 3. The highest BCUT2D eigenvalue weighted by molar-refractivity contribution is 5.66. The minimum Gasteiger partial charge on any atom is -0.368 e. The third kappa shape index (κ3) is 1.77. The number of hydrogen-bond donors (Lipinski definition) is 1. The highest BCUT2D eigenvalue weighted by Crippen LogP contribution is 2.43. The molecule has 0 saturated heterocycles. The van der Waals surface area contributed by atoms with Gasteiger partial charge in [-0.3, -0.25) is 0 Å². The van der Waals surface area contributed by atoms with E-state index in [9.17, 15) is 0 Å². The van der Waals surface area contributed by atoms with Crippen LogP contribution in [0.15, 0.2) is 24.7 Å². The predicted octanol–water partition coefficient (Wildman–Crippen LogP) is 2.72. The van der Waals surface area contributed by atoms with Crippen molar-refractivity contribution >= 4 is 11.3 Å². The Bertz CT molecular complexity index is 507.